The summed E-state index contributed by atoms with van der Waals surface area (Å²) < 4.78 is 5.22. The number of methoxy groups -OCH3 is 1. The van der Waals surface area contributed by atoms with Crippen molar-refractivity contribution in [3.05, 3.63) is 51.5 Å². The average Bonchev–Trinajstić information content (AvgIpc) is 3.12. The summed E-state index contributed by atoms with van der Waals surface area (Å²) in [5.74, 6) is 0.854. The molecule has 0 atom stereocenters. The molecule has 0 saturated carbocycles. The van der Waals surface area contributed by atoms with Crippen LogP contribution in [0.25, 0.3) is 5.57 Å². The zero-order chi connectivity index (χ0) is 14.1. The molecule has 1 aromatic carbocycles. The van der Waals surface area contributed by atoms with E-state index in [9.17, 15) is 4.79 Å². The van der Waals surface area contributed by atoms with Crippen molar-refractivity contribution in [3.8, 4) is 5.75 Å². The number of ketones is 1. The summed E-state index contributed by atoms with van der Waals surface area (Å²) in [4.78, 5) is 16.9. The molecule has 20 heavy (non-hydrogen) atoms. The normalized spacial score (nSPS) is 13.0. The van der Waals surface area contributed by atoms with Crippen molar-refractivity contribution in [1.29, 1.82) is 0 Å². The van der Waals surface area contributed by atoms with Gasteiger partial charge in [0.05, 0.1) is 12.8 Å². The highest BCUT2D eigenvalue weighted by Gasteiger charge is 2.23. The SMILES string of the molecule is CCc1csc(C(=O)C2=CCc3cc(OC)ccc32)n1. The summed E-state index contributed by atoms with van der Waals surface area (Å²) in [6.07, 6.45) is 3.62. The number of aromatic nitrogens is 1. The number of carbonyl (C=O) groups excluding carboxylic acids is 1. The van der Waals surface area contributed by atoms with Crippen molar-refractivity contribution in [3.63, 3.8) is 0 Å². The predicted molar refractivity (Wildman–Crippen MR) is 80.5 cm³/mol. The van der Waals surface area contributed by atoms with Crippen molar-refractivity contribution in [2.75, 3.05) is 7.11 Å². The number of hydrogen-bond donors (Lipinski definition) is 0. The molecule has 102 valence electrons. The molecule has 0 aliphatic heterocycles. The number of aryl methyl sites for hydroxylation is 1. The first kappa shape index (κ1) is 13.1. The van der Waals surface area contributed by atoms with Crippen LogP contribution in [0.4, 0.5) is 0 Å². The summed E-state index contributed by atoms with van der Waals surface area (Å²) in [7, 11) is 1.65. The molecule has 1 aromatic heterocycles. The first-order valence-electron chi connectivity index (χ1n) is 6.59. The van der Waals surface area contributed by atoms with Crippen LogP contribution in [0.15, 0.2) is 29.7 Å². The molecule has 0 spiro atoms. The first-order chi connectivity index (χ1) is 9.72. The molecular weight excluding hydrogens is 270 g/mol. The summed E-state index contributed by atoms with van der Waals surface area (Å²) >= 11 is 1.43. The fourth-order valence-electron chi connectivity index (χ4n) is 2.35. The Bertz CT molecular complexity index is 700. The van der Waals surface area contributed by atoms with E-state index in [0.717, 1.165) is 41.0 Å². The van der Waals surface area contributed by atoms with Crippen molar-refractivity contribution in [2.45, 2.75) is 19.8 Å². The van der Waals surface area contributed by atoms with Crippen LogP contribution in [-0.2, 0) is 12.8 Å². The Morgan fingerprint density at radius 1 is 1.45 bits per heavy atom. The lowest BCUT2D eigenvalue weighted by molar-refractivity contribution is 0.105. The number of thiazole rings is 1. The smallest absolute Gasteiger partial charge is 0.221 e. The Kier molecular flexibility index (Phi) is 3.40. The van der Waals surface area contributed by atoms with E-state index in [1.165, 1.54) is 11.3 Å². The molecule has 0 fully saturated rings. The van der Waals surface area contributed by atoms with Gasteiger partial charge in [-0.15, -0.1) is 11.3 Å². The second-order valence-electron chi connectivity index (χ2n) is 4.67. The molecule has 0 saturated heterocycles. The maximum Gasteiger partial charge on any atom is 0.221 e. The molecule has 0 bridgehead atoms. The third kappa shape index (κ3) is 2.16. The number of nitrogens with zero attached hydrogens (tertiary/aromatic N) is 1. The number of allylic oxidation sites excluding steroid dienone is 2. The topological polar surface area (TPSA) is 39.2 Å². The Balaban J connectivity index is 1.92. The third-order valence-corrected chi connectivity index (χ3v) is 4.37. The number of rotatable bonds is 4. The minimum Gasteiger partial charge on any atom is -0.497 e. The number of benzene rings is 1. The number of fused-ring (bicyclic) bond motifs is 1. The molecule has 4 heteroatoms. The van der Waals surface area contributed by atoms with Crippen LogP contribution in [0.5, 0.6) is 5.75 Å². The lowest BCUT2D eigenvalue weighted by Crippen LogP contribution is -2.01. The molecular formula is C16H15NO2S. The summed E-state index contributed by atoms with van der Waals surface area (Å²) in [6.45, 7) is 2.04. The van der Waals surface area contributed by atoms with Gasteiger partial charge in [0.15, 0.2) is 5.01 Å². The van der Waals surface area contributed by atoms with E-state index in [2.05, 4.69) is 4.98 Å². The molecule has 2 aromatic rings. The minimum absolute atomic E-state index is 0.0265. The van der Waals surface area contributed by atoms with Gasteiger partial charge in [0, 0.05) is 11.0 Å². The van der Waals surface area contributed by atoms with Gasteiger partial charge in [0.1, 0.15) is 5.75 Å². The molecule has 1 aliphatic rings. The maximum absolute atomic E-state index is 12.5. The predicted octanol–water partition coefficient (Wildman–Crippen LogP) is 3.54. The molecule has 3 rings (SSSR count). The molecule has 0 unspecified atom stereocenters. The molecule has 3 nitrogen and oxygen atoms in total. The molecule has 1 aliphatic carbocycles. The standard InChI is InChI=1S/C16H15NO2S/c1-3-11-9-20-16(17-11)15(18)14-6-4-10-8-12(19-2)5-7-13(10)14/h5-9H,3-4H2,1-2H3. The highest BCUT2D eigenvalue weighted by atomic mass is 32.1. The van der Waals surface area contributed by atoms with E-state index in [1.54, 1.807) is 7.11 Å². The van der Waals surface area contributed by atoms with E-state index in [1.807, 2.05) is 36.6 Å². The van der Waals surface area contributed by atoms with Crippen LogP contribution in [0.1, 0.15) is 33.5 Å². The van der Waals surface area contributed by atoms with E-state index in [0.29, 0.717) is 5.01 Å². The van der Waals surface area contributed by atoms with Gasteiger partial charge in [-0.25, -0.2) is 4.98 Å². The number of Topliss-reactive ketones (excluding diaryl/α,β-unsaturated/α-hetero) is 1. The molecule has 0 amide bonds. The Morgan fingerprint density at radius 2 is 2.30 bits per heavy atom. The Labute approximate surface area is 121 Å². The van der Waals surface area contributed by atoms with Crippen molar-refractivity contribution in [2.24, 2.45) is 0 Å². The van der Waals surface area contributed by atoms with Gasteiger partial charge in [-0.1, -0.05) is 19.1 Å². The highest BCUT2D eigenvalue weighted by molar-refractivity contribution is 7.12. The fourth-order valence-corrected chi connectivity index (χ4v) is 3.21. The number of hydrogen-bond acceptors (Lipinski definition) is 4. The van der Waals surface area contributed by atoms with Crippen molar-refractivity contribution >= 4 is 22.7 Å². The summed E-state index contributed by atoms with van der Waals surface area (Å²) in [6, 6.07) is 5.84. The molecule has 0 radical (unpaired) electrons. The van der Waals surface area contributed by atoms with E-state index in [4.69, 9.17) is 4.74 Å². The van der Waals surface area contributed by atoms with Crippen LogP contribution < -0.4 is 4.74 Å². The Hall–Kier alpha value is -1.94. The van der Waals surface area contributed by atoms with Gasteiger partial charge in [-0.05, 0) is 36.1 Å². The van der Waals surface area contributed by atoms with Crippen LogP contribution >= 0.6 is 11.3 Å². The van der Waals surface area contributed by atoms with Gasteiger partial charge in [-0.2, -0.15) is 0 Å². The minimum atomic E-state index is 0.0265. The maximum atomic E-state index is 12.5. The quantitative estimate of drug-likeness (QED) is 0.807. The zero-order valence-electron chi connectivity index (χ0n) is 11.5. The summed E-state index contributed by atoms with van der Waals surface area (Å²) in [5, 5.41) is 2.54. The van der Waals surface area contributed by atoms with E-state index >= 15 is 0 Å². The lowest BCUT2D eigenvalue weighted by atomic mass is 10.0. The molecule has 1 heterocycles. The Morgan fingerprint density at radius 3 is 3.00 bits per heavy atom. The van der Waals surface area contributed by atoms with Gasteiger partial charge < -0.3 is 4.74 Å². The highest BCUT2D eigenvalue weighted by Crippen LogP contribution is 2.33. The van der Waals surface area contributed by atoms with Crippen LogP contribution in [0, 0.1) is 0 Å². The van der Waals surface area contributed by atoms with Gasteiger partial charge in [0.25, 0.3) is 0 Å². The number of carbonyl (C=O) groups is 1. The first-order valence-corrected chi connectivity index (χ1v) is 7.47. The second-order valence-corrected chi connectivity index (χ2v) is 5.53. The van der Waals surface area contributed by atoms with Gasteiger partial charge in [-0.3, -0.25) is 4.79 Å². The van der Waals surface area contributed by atoms with Crippen molar-refractivity contribution in [1.82, 2.24) is 4.98 Å². The largest absolute Gasteiger partial charge is 0.497 e. The van der Waals surface area contributed by atoms with E-state index < -0.39 is 0 Å². The van der Waals surface area contributed by atoms with Crippen LogP contribution in [0.2, 0.25) is 0 Å². The molecule has 0 N–H and O–H groups in total. The number of ether oxygens (including phenoxy) is 1. The second kappa shape index (κ2) is 5.21. The van der Waals surface area contributed by atoms with Crippen LogP contribution in [-0.4, -0.2) is 17.9 Å². The van der Waals surface area contributed by atoms with E-state index in [-0.39, 0.29) is 5.78 Å². The van der Waals surface area contributed by atoms with Crippen LogP contribution in [0.3, 0.4) is 0 Å². The van der Waals surface area contributed by atoms with Gasteiger partial charge in [0.2, 0.25) is 5.78 Å². The van der Waals surface area contributed by atoms with Crippen molar-refractivity contribution < 1.29 is 9.53 Å². The average molecular weight is 285 g/mol. The summed E-state index contributed by atoms with van der Waals surface area (Å²) in [5.41, 5.74) is 3.88. The zero-order valence-corrected chi connectivity index (χ0v) is 12.3. The lowest BCUT2D eigenvalue weighted by Gasteiger charge is -2.06. The third-order valence-electron chi connectivity index (χ3n) is 3.48. The van der Waals surface area contributed by atoms with Gasteiger partial charge >= 0.3 is 0 Å². The fraction of sp³-hybridized carbons (Fsp3) is 0.250. The monoisotopic (exact) mass is 285 g/mol.